The number of alkyl halides is 3. The number of amides is 1. The van der Waals surface area contributed by atoms with Crippen molar-refractivity contribution in [2.75, 3.05) is 16.6 Å². The van der Waals surface area contributed by atoms with E-state index in [1.54, 1.807) is 6.92 Å². The standard InChI is InChI=1S/C18H15F3N4O4S2/c1-11-23-24-17(30-11)25-31(27,28)15-8-4-13(5-9-15)22-16(26)12-2-6-14(7-3-12)29-10-18(19,20)21/h2-9H,10H2,1H3,(H,22,26)(H,24,25). The van der Waals surface area contributed by atoms with Crippen LogP contribution in [0, 0.1) is 6.92 Å². The fraction of sp³-hybridized carbons (Fsp3) is 0.167. The summed E-state index contributed by atoms with van der Waals surface area (Å²) in [5.41, 5.74) is 0.512. The van der Waals surface area contributed by atoms with Crippen molar-refractivity contribution in [1.82, 2.24) is 10.2 Å². The van der Waals surface area contributed by atoms with Crippen molar-refractivity contribution >= 4 is 38.1 Å². The number of nitrogens with zero attached hydrogens (tertiary/aromatic N) is 2. The number of carbonyl (C=O) groups excluding carboxylic acids is 1. The number of carbonyl (C=O) groups is 1. The van der Waals surface area contributed by atoms with Crippen molar-refractivity contribution in [3.8, 4) is 5.75 Å². The molecule has 0 atom stereocenters. The molecule has 1 aromatic heterocycles. The fourth-order valence-electron chi connectivity index (χ4n) is 2.30. The van der Waals surface area contributed by atoms with Gasteiger partial charge in [0.05, 0.1) is 4.90 Å². The summed E-state index contributed by atoms with van der Waals surface area (Å²) >= 11 is 1.09. The van der Waals surface area contributed by atoms with E-state index in [4.69, 9.17) is 0 Å². The van der Waals surface area contributed by atoms with E-state index in [1.807, 2.05) is 0 Å². The number of anilines is 2. The lowest BCUT2D eigenvalue weighted by atomic mass is 10.2. The van der Waals surface area contributed by atoms with E-state index in [0.717, 1.165) is 11.3 Å². The molecule has 1 amide bonds. The van der Waals surface area contributed by atoms with Crippen LogP contribution in [0.5, 0.6) is 5.75 Å². The second-order valence-electron chi connectivity index (χ2n) is 6.14. The van der Waals surface area contributed by atoms with Crippen molar-refractivity contribution in [3.05, 3.63) is 59.1 Å². The molecule has 0 unspecified atom stereocenters. The number of nitrogens with one attached hydrogen (secondary N) is 2. The summed E-state index contributed by atoms with van der Waals surface area (Å²) in [6.07, 6.45) is -4.46. The van der Waals surface area contributed by atoms with E-state index in [1.165, 1.54) is 48.5 Å². The van der Waals surface area contributed by atoms with Crippen LogP contribution in [-0.2, 0) is 10.0 Å². The molecule has 3 aromatic rings. The number of aryl methyl sites for hydroxylation is 1. The summed E-state index contributed by atoms with van der Waals surface area (Å²) in [7, 11) is -3.87. The fourth-order valence-corrected chi connectivity index (χ4v) is 4.12. The first-order valence-electron chi connectivity index (χ1n) is 8.56. The predicted octanol–water partition coefficient (Wildman–Crippen LogP) is 3.84. The zero-order chi connectivity index (χ0) is 22.6. The Labute approximate surface area is 179 Å². The summed E-state index contributed by atoms with van der Waals surface area (Å²) in [5, 5.41) is 10.8. The van der Waals surface area contributed by atoms with Crippen LogP contribution >= 0.6 is 11.3 Å². The molecule has 31 heavy (non-hydrogen) atoms. The molecule has 8 nitrogen and oxygen atoms in total. The first-order chi connectivity index (χ1) is 14.5. The number of benzene rings is 2. The minimum Gasteiger partial charge on any atom is -0.484 e. The average molecular weight is 472 g/mol. The molecule has 2 N–H and O–H groups in total. The van der Waals surface area contributed by atoms with Gasteiger partial charge in [0.2, 0.25) is 5.13 Å². The number of aromatic nitrogens is 2. The van der Waals surface area contributed by atoms with Crippen molar-refractivity contribution in [2.45, 2.75) is 18.0 Å². The Morgan fingerprint density at radius 1 is 1.06 bits per heavy atom. The van der Waals surface area contributed by atoms with Gasteiger partial charge in [-0.3, -0.25) is 9.52 Å². The predicted molar refractivity (Wildman–Crippen MR) is 108 cm³/mol. The number of hydrogen-bond donors (Lipinski definition) is 2. The normalized spacial score (nSPS) is 11.7. The third-order valence-corrected chi connectivity index (χ3v) is 5.93. The Balaban J connectivity index is 1.62. The molecule has 0 aliphatic rings. The van der Waals surface area contributed by atoms with E-state index in [9.17, 15) is 26.4 Å². The lowest BCUT2D eigenvalue weighted by Gasteiger charge is -2.10. The van der Waals surface area contributed by atoms with Crippen LogP contribution in [0.1, 0.15) is 15.4 Å². The van der Waals surface area contributed by atoms with Crippen LogP contribution in [-0.4, -0.2) is 37.3 Å². The van der Waals surface area contributed by atoms with Gasteiger partial charge in [0.15, 0.2) is 6.61 Å². The Morgan fingerprint density at radius 3 is 2.26 bits per heavy atom. The molecule has 13 heteroatoms. The van der Waals surface area contributed by atoms with Crippen LogP contribution in [0.2, 0.25) is 0 Å². The van der Waals surface area contributed by atoms with Crippen LogP contribution in [0.15, 0.2) is 53.4 Å². The van der Waals surface area contributed by atoms with Crippen molar-refractivity contribution in [2.24, 2.45) is 0 Å². The largest absolute Gasteiger partial charge is 0.484 e. The van der Waals surface area contributed by atoms with Gasteiger partial charge in [0.25, 0.3) is 15.9 Å². The molecule has 0 aliphatic heterocycles. The van der Waals surface area contributed by atoms with E-state index >= 15 is 0 Å². The molecule has 0 bridgehead atoms. The molecule has 0 fully saturated rings. The van der Waals surface area contributed by atoms with Gasteiger partial charge in [-0.25, -0.2) is 8.42 Å². The molecule has 0 radical (unpaired) electrons. The molecule has 0 aliphatic carbocycles. The lowest BCUT2D eigenvalue weighted by molar-refractivity contribution is -0.153. The first-order valence-corrected chi connectivity index (χ1v) is 10.9. The summed E-state index contributed by atoms with van der Waals surface area (Å²) in [6.45, 7) is 0.261. The molecular weight excluding hydrogens is 457 g/mol. The molecule has 164 valence electrons. The summed E-state index contributed by atoms with van der Waals surface area (Å²) in [6, 6.07) is 10.5. The maximum absolute atomic E-state index is 12.4. The third-order valence-electron chi connectivity index (χ3n) is 3.69. The Hall–Kier alpha value is -3.19. The molecule has 0 spiro atoms. The molecule has 0 saturated heterocycles. The summed E-state index contributed by atoms with van der Waals surface area (Å²) in [4.78, 5) is 12.3. The van der Waals surface area contributed by atoms with E-state index in [0.29, 0.717) is 10.7 Å². The Morgan fingerprint density at radius 2 is 1.71 bits per heavy atom. The van der Waals surface area contributed by atoms with E-state index < -0.39 is 28.7 Å². The van der Waals surface area contributed by atoms with Gasteiger partial charge in [0.1, 0.15) is 10.8 Å². The number of rotatable bonds is 7. The lowest BCUT2D eigenvalue weighted by Crippen LogP contribution is -2.19. The van der Waals surface area contributed by atoms with Gasteiger partial charge >= 0.3 is 6.18 Å². The number of ether oxygens (including phenoxy) is 1. The van der Waals surface area contributed by atoms with Gasteiger partial charge in [-0.2, -0.15) is 13.2 Å². The second-order valence-corrected chi connectivity index (χ2v) is 9.00. The van der Waals surface area contributed by atoms with Crippen LogP contribution in [0.25, 0.3) is 0 Å². The van der Waals surface area contributed by atoms with Gasteiger partial charge in [-0.05, 0) is 55.5 Å². The zero-order valence-electron chi connectivity index (χ0n) is 15.8. The van der Waals surface area contributed by atoms with Crippen LogP contribution in [0.4, 0.5) is 24.0 Å². The van der Waals surface area contributed by atoms with Crippen LogP contribution < -0.4 is 14.8 Å². The number of hydrogen-bond acceptors (Lipinski definition) is 7. The van der Waals surface area contributed by atoms with Gasteiger partial charge in [-0.1, -0.05) is 11.3 Å². The SMILES string of the molecule is Cc1nnc(NS(=O)(=O)c2ccc(NC(=O)c3ccc(OCC(F)(F)F)cc3)cc2)s1. The third kappa shape index (κ3) is 6.39. The molecular formula is C18H15F3N4O4S2. The van der Waals surface area contributed by atoms with Gasteiger partial charge in [0, 0.05) is 11.3 Å². The minimum atomic E-state index is -4.46. The number of halogens is 3. The molecule has 2 aromatic carbocycles. The second kappa shape index (κ2) is 8.89. The van der Waals surface area contributed by atoms with Gasteiger partial charge < -0.3 is 10.1 Å². The van der Waals surface area contributed by atoms with Gasteiger partial charge in [-0.15, -0.1) is 10.2 Å². The van der Waals surface area contributed by atoms with Crippen molar-refractivity contribution < 1.29 is 31.1 Å². The monoisotopic (exact) mass is 472 g/mol. The maximum Gasteiger partial charge on any atom is 0.422 e. The summed E-state index contributed by atoms with van der Waals surface area (Å²) < 4.78 is 68.1. The van der Waals surface area contributed by atoms with Crippen LogP contribution in [0.3, 0.4) is 0 Å². The van der Waals surface area contributed by atoms with Crippen molar-refractivity contribution in [1.29, 1.82) is 0 Å². The van der Waals surface area contributed by atoms with E-state index in [2.05, 4.69) is 25.0 Å². The number of sulfonamides is 1. The highest BCUT2D eigenvalue weighted by Gasteiger charge is 2.28. The maximum atomic E-state index is 12.4. The molecule has 3 rings (SSSR count). The first kappa shape index (κ1) is 22.5. The zero-order valence-corrected chi connectivity index (χ0v) is 17.4. The Bertz CT molecular complexity index is 1160. The smallest absolute Gasteiger partial charge is 0.422 e. The Kier molecular flexibility index (Phi) is 6.45. The minimum absolute atomic E-state index is 0.0263. The molecule has 1 heterocycles. The molecule has 0 saturated carbocycles. The van der Waals surface area contributed by atoms with E-state index in [-0.39, 0.29) is 21.3 Å². The average Bonchev–Trinajstić information content (AvgIpc) is 3.10. The highest BCUT2D eigenvalue weighted by Crippen LogP contribution is 2.22. The highest BCUT2D eigenvalue weighted by molar-refractivity contribution is 7.93. The topological polar surface area (TPSA) is 110 Å². The quantitative estimate of drug-likeness (QED) is 0.541. The summed E-state index contributed by atoms with van der Waals surface area (Å²) in [5.74, 6) is -0.554. The highest BCUT2D eigenvalue weighted by atomic mass is 32.2. The van der Waals surface area contributed by atoms with Crippen molar-refractivity contribution in [3.63, 3.8) is 0 Å².